The minimum absolute atomic E-state index is 0.0424. The van der Waals surface area contributed by atoms with Crippen LogP contribution in [0.25, 0.3) is 0 Å². The molecule has 2 aliphatic heterocycles. The lowest BCUT2D eigenvalue weighted by atomic mass is 10.1. The Labute approximate surface area is 190 Å². The molecule has 2 aromatic carbocycles. The Morgan fingerprint density at radius 2 is 1.41 bits per heavy atom. The van der Waals surface area contributed by atoms with Gasteiger partial charge in [0.05, 0.1) is 29.0 Å². The zero-order valence-electron chi connectivity index (χ0n) is 17.9. The zero-order chi connectivity index (χ0) is 22.6. The van der Waals surface area contributed by atoms with Gasteiger partial charge in [0.25, 0.3) is 0 Å². The van der Waals surface area contributed by atoms with Crippen LogP contribution in [-0.2, 0) is 24.8 Å². The summed E-state index contributed by atoms with van der Waals surface area (Å²) in [4.78, 5) is 2.34. The number of nitrogens with one attached hydrogen (secondary N) is 1. The largest absolute Gasteiger partial charge is 0.379 e. The van der Waals surface area contributed by atoms with Crippen molar-refractivity contribution in [2.24, 2.45) is 0 Å². The number of rotatable bonds is 8. The maximum absolute atomic E-state index is 13.2. The van der Waals surface area contributed by atoms with Gasteiger partial charge in [-0.15, -0.1) is 0 Å². The first-order valence-corrected chi connectivity index (χ1v) is 13.8. The van der Waals surface area contributed by atoms with Crippen LogP contribution >= 0.6 is 0 Å². The molecule has 0 amide bonds. The second-order valence-corrected chi connectivity index (χ2v) is 11.7. The van der Waals surface area contributed by atoms with E-state index in [1.165, 1.54) is 28.6 Å². The molecule has 32 heavy (non-hydrogen) atoms. The summed E-state index contributed by atoms with van der Waals surface area (Å²) in [6, 6.07) is 14.5. The van der Waals surface area contributed by atoms with Crippen LogP contribution in [0.15, 0.2) is 64.4 Å². The summed E-state index contributed by atoms with van der Waals surface area (Å²) in [5, 5.41) is 0. The summed E-state index contributed by atoms with van der Waals surface area (Å²) >= 11 is 0. The first kappa shape index (κ1) is 23.3. The molecule has 0 spiro atoms. The van der Waals surface area contributed by atoms with Crippen LogP contribution in [0.1, 0.15) is 24.4 Å². The van der Waals surface area contributed by atoms with E-state index >= 15 is 0 Å². The van der Waals surface area contributed by atoms with Crippen molar-refractivity contribution < 1.29 is 21.6 Å². The number of ether oxygens (including phenoxy) is 1. The van der Waals surface area contributed by atoms with Crippen molar-refractivity contribution in [3.05, 3.63) is 60.2 Å². The van der Waals surface area contributed by atoms with E-state index in [-0.39, 0.29) is 9.79 Å². The average Bonchev–Trinajstić information content (AvgIpc) is 3.36. The predicted molar refractivity (Wildman–Crippen MR) is 121 cm³/mol. The molecular weight excluding hydrogens is 450 g/mol. The highest BCUT2D eigenvalue weighted by atomic mass is 32.2. The van der Waals surface area contributed by atoms with Crippen molar-refractivity contribution in [1.82, 2.24) is 13.9 Å². The van der Waals surface area contributed by atoms with Crippen LogP contribution in [0.4, 0.5) is 0 Å². The van der Waals surface area contributed by atoms with Crippen LogP contribution in [0.3, 0.4) is 0 Å². The van der Waals surface area contributed by atoms with Crippen molar-refractivity contribution in [2.45, 2.75) is 28.7 Å². The van der Waals surface area contributed by atoms with Crippen molar-refractivity contribution in [1.29, 1.82) is 0 Å². The van der Waals surface area contributed by atoms with Gasteiger partial charge >= 0.3 is 0 Å². The number of hydrogen-bond acceptors (Lipinski definition) is 6. The van der Waals surface area contributed by atoms with Crippen LogP contribution in [0.2, 0.25) is 0 Å². The van der Waals surface area contributed by atoms with Gasteiger partial charge < -0.3 is 4.74 Å². The standard InChI is InChI=1S/C22H29N3O5S2/c26-31(27,20-8-10-21(11-9-20)32(28,29)25-12-4-5-13-25)23-22(19-6-2-1-3-7-19)18-24-14-16-30-17-15-24/h1-3,6-11,22-23H,4-5,12-18H2/t22-/m1/s1. The summed E-state index contributed by atoms with van der Waals surface area (Å²) in [6.45, 7) is 4.27. The molecule has 1 N–H and O–H groups in total. The van der Waals surface area contributed by atoms with E-state index in [0.29, 0.717) is 32.8 Å². The highest BCUT2D eigenvalue weighted by Gasteiger charge is 2.28. The fourth-order valence-corrected chi connectivity index (χ4v) is 6.79. The van der Waals surface area contributed by atoms with Gasteiger partial charge in [-0.25, -0.2) is 21.6 Å². The maximum Gasteiger partial charge on any atom is 0.243 e. The topological polar surface area (TPSA) is 96.0 Å². The Bertz CT molecular complexity index is 1090. The van der Waals surface area contributed by atoms with Gasteiger partial charge in [0.2, 0.25) is 20.0 Å². The van der Waals surface area contributed by atoms with Gasteiger partial charge in [-0.1, -0.05) is 30.3 Å². The molecular formula is C22H29N3O5S2. The summed E-state index contributed by atoms with van der Waals surface area (Å²) in [5.41, 5.74) is 0.871. The van der Waals surface area contributed by atoms with Gasteiger partial charge in [-0.05, 0) is 42.7 Å². The number of sulfonamides is 2. The first-order valence-electron chi connectivity index (χ1n) is 10.8. The Kier molecular flexibility index (Phi) is 7.28. The van der Waals surface area contributed by atoms with E-state index in [2.05, 4.69) is 9.62 Å². The van der Waals surface area contributed by atoms with Gasteiger partial charge in [-0.3, -0.25) is 4.90 Å². The maximum atomic E-state index is 13.2. The third kappa shape index (κ3) is 5.38. The summed E-state index contributed by atoms with van der Waals surface area (Å²) in [5.74, 6) is 0. The zero-order valence-corrected chi connectivity index (χ0v) is 19.5. The van der Waals surface area contributed by atoms with Gasteiger partial charge in [-0.2, -0.15) is 4.31 Å². The Hall–Kier alpha value is -1.82. The van der Waals surface area contributed by atoms with Crippen LogP contribution in [0.5, 0.6) is 0 Å². The van der Waals surface area contributed by atoms with E-state index in [1.54, 1.807) is 0 Å². The van der Waals surface area contributed by atoms with E-state index in [0.717, 1.165) is 31.5 Å². The normalized spacial score (nSPS) is 19.8. The van der Waals surface area contributed by atoms with Crippen LogP contribution in [0, 0.1) is 0 Å². The molecule has 0 radical (unpaired) electrons. The molecule has 0 bridgehead atoms. The molecule has 2 saturated heterocycles. The van der Waals surface area contributed by atoms with Crippen molar-refractivity contribution in [3.8, 4) is 0 Å². The van der Waals surface area contributed by atoms with Crippen molar-refractivity contribution in [2.75, 3.05) is 45.9 Å². The summed E-state index contributed by atoms with van der Waals surface area (Å²) < 4.78 is 61.4. The Morgan fingerprint density at radius 1 is 0.812 bits per heavy atom. The van der Waals surface area contributed by atoms with E-state index < -0.39 is 26.1 Å². The monoisotopic (exact) mass is 479 g/mol. The number of morpholine rings is 1. The lowest BCUT2D eigenvalue weighted by molar-refractivity contribution is 0.0345. The van der Waals surface area contributed by atoms with Gasteiger partial charge in [0, 0.05) is 32.7 Å². The van der Waals surface area contributed by atoms with Crippen molar-refractivity contribution in [3.63, 3.8) is 0 Å². The molecule has 174 valence electrons. The molecule has 2 fully saturated rings. The molecule has 4 rings (SSSR count). The highest BCUT2D eigenvalue weighted by Crippen LogP contribution is 2.24. The lowest BCUT2D eigenvalue weighted by Crippen LogP contribution is -2.43. The quantitative estimate of drug-likeness (QED) is 0.621. The number of benzene rings is 2. The van der Waals surface area contributed by atoms with Crippen LogP contribution < -0.4 is 4.72 Å². The summed E-state index contributed by atoms with van der Waals surface area (Å²) in [7, 11) is -7.44. The van der Waals surface area contributed by atoms with Gasteiger partial charge in [0.15, 0.2) is 0 Å². The van der Waals surface area contributed by atoms with Crippen LogP contribution in [-0.4, -0.2) is 72.0 Å². The van der Waals surface area contributed by atoms with Gasteiger partial charge in [0.1, 0.15) is 0 Å². The average molecular weight is 480 g/mol. The molecule has 8 nitrogen and oxygen atoms in total. The highest BCUT2D eigenvalue weighted by molar-refractivity contribution is 7.89. The minimum Gasteiger partial charge on any atom is -0.379 e. The van der Waals surface area contributed by atoms with E-state index in [9.17, 15) is 16.8 Å². The van der Waals surface area contributed by atoms with E-state index in [4.69, 9.17) is 4.74 Å². The minimum atomic E-state index is -3.86. The Balaban J connectivity index is 1.54. The Morgan fingerprint density at radius 3 is 2.03 bits per heavy atom. The molecule has 1 atom stereocenters. The molecule has 0 aromatic heterocycles. The summed E-state index contributed by atoms with van der Waals surface area (Å²) in [6.07, 6.45) is 1.69. The number of nitrogens with zero attached hydrogens (tertiary/aromatic N) is 2. The number of hydrogen-bond donors (Lipinski definition) is 1. The molecule has 0 aliphatic carbocycles. The third-order valence-electron chi connectivity index (χ3n) is 5.88. The molecule has 10 heteroatoms. The second-order valence-electron chi connectivity index (χ2n) is 8.08. The fraction of sp³-hybridized carbons (Fsp3) is 0.455. The second kappa shape index (κ2) is 9.98. The fourth-order valence-electron chi connectivity index (χ4n) is 4.06. The lowest BCUT2D eigenvalue weighted by Gasteiger charge is -2.31. The predicted octanol–water partition coefficient (Wildman–Crippen LogP) is 1.82. The van der Waals surface area contributed by atoms with E-state index in [1.807, 2.05) is 30.3 Å². The molecule has 2 heterocycles. The third-order valence-corrected chi connectivity index (χ3v) is 9.28. The molecule has 0 saturated carbocycles. The van der Waals surface area contributed by atoms with Crippen molar-refractivity contribution >= 4 is 20.0 Å². The molecule has 0 unspecified atom stereocenters. The smallest absolute Gasteiger partial charge is 0.243 e. The first-order chi connectivity index (χ1) is 15.4. The molecule has 2 aliphatic rings. The SMILES string of the molecule is O=S(=O)(N[C@H](CN1CCOCC1)c1ccccc1)c1ccc(S(=O)(=O)N2CCCC2)cc1. The molecule has 2 aromatic rings.